The summed E-state index contributed by atoms with van der Waals surface area (Å²) in [5.74, 6) is 2.02. The van der Waals surface area contributed by atoms with E-state index in [2.05, 4.69) is 18.8 Å². The molecule has 0 radical (unpaired) electrons. The van der Waals surface area contributed by atoms with Gasteiger partial charge in [0.1, 0.15) is 11.4 Å². The lowest BCUT2D eigenvalue weighted by atomic mass is 9.92. The van der Waals surface area contributed by atoms with Gasteiger partial charge in [-0.25, -0.2) is 4.98 Å². The quantitative estimate of drug-likeness (QED) is 0.695. The van der Waals surface area contributed by atoms with E-state index in [4.69, 9.17) is 4.74 Å². The molecule has 0 aliphatic carbocycles. The first kappa shape index (κ1) is 17.1. The summed E-state index contributed by atoms with van der Waals surface area (Å²) in [6.07, 6.45) is 3.15. The number of amides is 1. The Hall–Kier alpha value is -2.34. The van der Waals surface area contributed by atoms with Gasteiger partial charge in [0.15, 0.2) is 4.96 Å². The van der Waals surface area contributed by atoms with E-state index < -0.39 is 0 Å². The molecule has 2 aromatic heterocycles. The monoisotopic (exact) mass is 369 g/mol. The standard InChI is InChI=1S/C20H23N3O2S/c1-13-8-14(2)10-22(9-13)19(24)18-12-26-20-21-17(11-23(18)20)15-4-6-16(25-3)7-5-15/h4-7,11-14H,8-10H2,1-3H3. The average molecular weight is 369 g/mol. The third-order valence-corrected chi connectivity index (χ3v) is 5.81. The van der Waals surface area contributed by atoms with Gasteiger partial charge in [-0.1, -0.05) is 13.8 Å². The lowest BCUT2D eigenvalue weighted by molar-refractivity contribution is 0.0616. The van der Waals surface area contributed by atoms with Gasteiger partial charge in [-0.05, 0) is 42.5 Å². The Morgan fingerprint density at radius 1 is 1.19 bits per heavy atom. The van der Waals surface area contributed by atoms with Crippen LogP contribution in [-0.4, -0.2) is 40.4 Å². The Balaban J connectivity index is 1.64. The van der Waals surface area contributed by atoms with Crippen LogP contribution in [0.2, 0.25) is 0 Å². The first-order chi connectivity index (χ1) is 12.5. The number of carbonyl (C=O) groups is 1. The van der Waals surface area contributed by atoms with Crippen LogP contribution in [0.1, 0.15) is 30.8 Å². The maximum atomic E-state index is 13.1. The van der Waals surface area contributed by atoms with E-state index in [1.54, 1.807) is 7.11 Å². The third-order valence-electron chi connectivity index (χ3n) is 4.97. The Kier molecular flexibility index (Phi) is 4.44. The highest BCUT2D eigenvalue weighted by atomic mass is 32.1. The zero-order valence-corrected chi connectivity index (χ0v) is 16.1. The van der Waals surface area contributed by atoms with Crippen LogP contribution in [0.3, 0.4) is 0 Å². The summed E-state index contributed by atoms with van der Waals surface area (Å²) in [6, 6.07) is 7.82. The molecule has 2 atom stereocenters. The molecule has 4 rings (SSSR count). The van der Waals surface area contributed by atoms with Gasteiger partial charge in [-0.2, -0.15) is 0 Å². The summed E-state index contributed by atoms with van der Waals surface area (Å²) in [5.41, 5.74) is 2.59. The maximum Gasteiger partial charge on any atom is 0.271 e. The smallest absolute Gasteiger partial charge is 0.271 e. The number of fused-ring (bicyclic) bond motifs is 1. The van der Waals surface area contributed by atoms with Crippen LogP contribution >= 0.6 is 11.3 Å². The summed E-state index contributed by atoms with van der Waals surface area (Å²) >= 11 is 1.51. The number of methoxy groups -OCH3 is 1. The van der Waals surface area contributed by atoms with Gasteiger partial charge in [0.2, 0.25) is 0 Å². The number of imidazole rings is 1. The lowest BCUT2D eigenvalue weighted by Crippen LogP contribution is -2.42. The maximum absolute atomic E-state index is 13.1. The number of thiazole rings is 1. The van der Waals surface area contributed by atoms with Crippen LogP contribution in [0.15, 0.2) is 35.8 Å². The summed E-state index contributed by atoms with van der Waals surface area (Å²) in [4.78, 5) is 20.6. The number of hydrogen-bond donors (Lipinski definition) is 0. The number of carbonyl (C=O) groups excluding carboxylic acids is 1. The lowest BCUT2D eigenvalue weighted by Gasteiger charge is -2.34. The van der Waals surface area contributed by atoms with Gasteiger partial charge >= 0.3 is 0 Å². The van der Waals surface area contributed by atoms with Crippen molar-refractivity contribution in [3.8, 4) is 17.0 Å². The number of hydrogen-bond acceptors (Lipinski definition) is 4. The second-order valence-electron chi connectivity index (χ2n) is 7.28. The zero-order valence-electron chi connectivity index (χ0n) is 15.3. The molecule has 3 heterocycles. The molecule has 0 saturated carbocycles. The van der Waals surface area contributed by atoms with Crippen LogP contribution in [0.25, 0.3) is 16.2 Å². The molecule has 2 unspecified atom stereocenters. The van der Waals surface area contributed by atoms with Gasteiger partial charge in [0, 0.05) is 30.2 Å². The normalized spacial score (nSPS) is 20.5. The fraction of sp³-hybridized carbons (Fsp3) is 0.400. The molecule has 0 N–H and O–H groups in total. The van der Waals surface area contributed by atoms with Crippen molar-refractivity contribution in [1.29, 1.82) is 0 Å². The zero-order chi connectivity index (χ0) is 18.3. The molecular weight excluding hydrogens is 346 g/mol. The minimum atomic E-state index is 0.105. The second kappa shape index (κ2) is 6.76. The van der Waals surface area contributed by atoms with Crippen LogP contribution in [0.4, 0.5) is 0 Å². The topological polar surface area (TPSA) is 46.8 Å². The van der Waals surface area contributed by atoms with Gasteiger partial charge in [0.25, 0.3) is 5.91 Å². The molecule has 0 spiro atoms. The van der Waals surface area contributed by atoms with Crippen molar-refractivity contribution in [2.24, 2.45) is 11.8 Å². The Morgan fingerprint density at radius 3 is 2.54 bits per heavy atom. The summed E-state index contributed by atoms with van der Waals surface area (Å²) in [7, 11) is 1.65. The van der Waals surface area contributed by atoms with Crippen LogP contribution < -0.4 is 4.74 Å². The number of likely N-dealkylation sites (tertiary alicyclic amines) is 1. The van der Waals surface area contributed by atoms with Crippen molar-refractivity contribution in [2.45, 2.75) is 20.3 Å². The fourth-order valence-electron chi connectivity index (χ4n) is 3.83. The van der Waals surface area contributed by atoms with Crippen molar-refractivity contribution < 1.29 is 9.53 Å². The number of nitrogens with zero attached hydrogens (tertiary/aromatic N) is 3. The molecule has 0 bridgehead atoms. The minimum Gasteiger partial charge on any atom is -0.497 e. The largest absolute Gasteiger partial charge is 0.497 e. The Labute approximate surface area is 157 Å². The van der Waals surface area contributed by atoms with Crippen molar-refractivity contribution in [3.63, 3.8) is 0 Å². The molecular formula is C20H23N3O2S. The highest BCUT2D eigenvalue weighted by Gasteiger charge is 2.28. The first-order valence-corrected chi connectivity index (χ1v) is 9.83. The van der Waals surface area contributed by atoms with Crippen molar-refractivity contribution in [2.75, 3.05) is 20.2 Å². The molecule has 5 nitrogen and oxygen atoms in total. The molecule has 26 heavy (non-hydrogen) atoms. The van der Waals surface area contributed by atoms with Crippen molar-refractivity contribution in [3.05, 3.63) is 41.5 Å². The van der Waals surface area contributed by atoms with E-state index in [0.29, 0.717) is 17.5 Å². The van der Waals surface area contributed by atoms with E-state index >= 15 is 0 Å². The second-order valence-corrected chi connectivity index (χ2v) is 8.12. The van der Waals surface area contributed by atoms with Crippen molar-refractivity contribution in [1.82, 2.24) is 14.3 Å². The highest BCUT2D eigenvalue weighted by molar-refractivity contribution is 7.15. The van der Waals surface area contributed by atoms with Gasteiger partial charge in [0.05, 0.1) is 12.8 Å². The average Bonchev–Trinajstić information content (AvgIpc) is 3.21. The highest BCUT2D eigenvalue weighted by Crippen LogP contribution is 2.27. The molecule has 1 amide bonds. The molecule has 1 fully saturated rings. The SMILES string of the molecule is COc1ccc(-c2cn3c(C(=O)N4CC(C)CC(C)C4)csc3n2)cc1. The van der Waals surface area contributed by atoms with Gasteiger partial charge < -0.3 is 9.64 Å². The van der Waals surface area contributed by atoms with E-state index in [0.717, 1.165) is 35.1 Å². The third kappa shape index (κ3) is 3.09. The van der Waals surface area contributed by atoms with E-state index in [1.807, 2.05) is 45.1 Å². The Bertz CT molecular complexity index is 918. The molecule has 1 saturated heterocycles. The van der Waals surface area contributed by atoms with Crippen LogP contribution in [-0.2, 0) is 0 Å². The number of ether oxygens (including phenoxy) is 1. The van der Waals surface area contributed by atoms with Crippen LogP contribution in [0, 0.1) is 11.8 Å². The summed E-state index contributed by atoms with van der Waals surface area (Å²) in [5, 5.41) is 1.92. The van der Waals surface area contributed by atoms with E-state index in [1.165, 1.54) is 17.8 Å². The predicted octanol–water partition coefficient (Wildman–Crippen LogP) is 4.19. The molecule has 136 valence electrons. The van der Waals surface area contributed by atoms with E-state index in [-0.39, 0.29) is 5.91 Å². The molecule has 3 aromatic rings. The number of benzene rings is 1. The molecule has 1 aromatic carbocycles. The van der Waals surface area contributed by atoms with Gasteiger partial charge in [-0.15, -0.1) is 11.3 Å². The van der Waals surface area contributed by atoms with Crippen molar-refractivity contribution >= 4 is 22.2 Å². The molecule has 6 heteroatoms. The van der Waals surface area contributed by atoms with E-state index in [9.17, 15) is 4.79 Å². The van der Waals surface area contributed by atoms with Crippen LogP contribution in [0.5, 0.6) is 5.75 Å². The Morgan fingerprint density at radius 2 is 1.88 bits per heavy atom. The number of rotatable bonds is 3. The summed E-state index contributed by atoms with van der Waals surface area (Å²) < 4.78 is 7.14. The van der Waals surface area contributed by atoms with Gasteiger partial charge in [-0.3, -0.25) is 9.20 Å². The summed E-state index contributed by atoms with van der Waals surface area (Å²) in [6.45, 7) is 6.11. The predicted molar refractivity (Wildman–Crippen MR) is 104 cm³/mol. The first-order valence-electron chi connectivity index (χ1n) is 8.95. The fourth-order valence-corrected chi connectivity index (χ4v) is 4.68. The molecule has 1 aliphatic rings. The molecule has 1 aliphatic heterocycles. The number of aromatic nitrogens is 2. The minimum absolute atomic E-state index is 0.105. The number of piperidine rings is 1.